The predicted molar refractivity (Wildman–Crippen MR) is 41.5 cm³/mol. The van der Waals surface area contributed by atoms with Crippen LogP contribution in [0.15, 0.2) is 0 Å². The zero-order valence-electron chi connectivity index (χ0n) is 6.79. The van der Waals surface area contributed by atoms with Crippen molar-refractivity contribution in [3.05, 3.63) is 0 Å². The molecule has 0 aromatic carbocycles. The molecule has 0 aromatic rings. The Morgan fingerprint density at radius 2 is 2.36 bits per heavy atom. The maximum Gasteiger partial charge on any atom is 0.0875 e. The van der Waals surface area contributed by atoms with Crippen molar-refractivity contribution in [1.82, 2.24) is 10.2 Å². The molecule has 3 heteroatoms. The normalized spacial score (nSPS) is 54.3. The summed E-state index contributed by atoms with van der Waals surface area (Å²) in [6.45, 7) is 2.41. The summed E-state index contributed by atoms with van der Waals surface area (Å²) < 4.78 is 5.85. The molecule has 3 heterocycles. The van der Waals surface area contributed by atoms with Crippen LogP contribution in [0.2, 0.25) is 0 Å². The molecule has 0 amide bonds. The molecule has 0 aromatic heterocycles. The molecular formula is C8H14N2O. The van der Waals surface area contributed by atoms with Gasteiger partial charge in [-0.15, -0.1) is 0 Å². The molecule has 3 aliphatic heterocycles. The lowest BCUT2D eigenvalue weighted by molar-refractivity contribution is 0.00833. The van der Waals surface area contributed by atoms with Crippen molar-refractivity contribution in [1.29, 1.82) is 0 Å². The van der Waals surface area contributed by atoms with Gasteiger partial charge in [0, 0.05) is 13.1 Å². The van der Waals surface area contributed by atoms with Crippen LogP contribution in [-0.2, 0) is 4.74 Å². The molecule has 0 radical (unpaired) electrons. The third-order valence-corrected chi connectivity index (χ3v) is 3.37. The van der Waals surface area contributed by atoms with Gasteiger partial charge in [0.2, 0.25) is 0 Å². The van der Waals surface area contributed by atoms with Crippen LogP contribution in [0.5, 0.6) is 0 Å². The van der Waals surface area contributed by atoms with Crippen LogP contribution >= 0.6 is 0 Å². The van der Waals surface area contributed by atoms with Gasteiger partial charge in [0.1, 0.15) is 0 Å². The van der Waals surface area contributed by atoms with Gasteiger partial charge in [-0.1, -0.05) is 0 Å². The van der Waals surface area contributed by atoms with E-state index in [9.17, 15) is 0 Å². The van der Waals surface area contributed by atoms with Crippen molar-refractivity contribution in [3.63, 3.8) is 0 Å². The molecule has 1 N–H and O–H groups in total. The number of morpholine rings is 1. The maximum atomic E-state index is 5.85. The standard InChI is InChI=1S/C8H14N2O/c1-9-7-6-4-10-3-2-5(11-6)8(7)10/h5-9H,2-4H2,1H3/t5?,6-,7+,8-/m1/s1. The largest absolute Gasteiger partial charge is 0.370 e. The van der Waals surface area contributed by atoms with E-state index in [1.54, 1.807) is 0 Å². The van der Waals surface area contributed by atoms with Gasteiger partial charge < -0.3 is 10.1 Å². The van der Waals surface area contributed by atoms with Crippen LogP contribution in [0, 0.1) is 0 Å². The summed E-state index contributed by atoms with van der Waals surface area (Å²) in [5, 5.41) is 3.36. The highest BCUT2D eigenvalue weighted by atomic mass is 16.5. The van der Waals surface area contributed by atoms with Crippen molar-refractivity contribution < 1.29 is 4.74 Å². The Balaban J connectivity index is 1.93. The zero-order chi connectivity index (χ0) is 7.42. The Labute approximate surface area is 66.7 Å². The smallest absolute Gasteiger partial charge is 0.0875 e. The van der Waals surface area contributed by atoms with Gasteiger partial charge in [0.25, 0.3) is 0 Å². The van der Waals surface area contributed by atoms with Crippen LogP contribution in [0.4, 0.5) is 0 Å². The molecule has 3 aliphatic rings. The molecule has 0 aliphatic carbocycles. The topological polar surface area (TPSA) is 24.5 Å². The van der Waals surface area contributed by atoms with Crippen LogP contribution in [0.3, 0.4) is 0 Å². The van der Waals surface area contributed by atoms with E-state index >= 15 is 0 Å². The Bertz CT molecular complexity index is 171. The first-order valence-electron chi connectivity index (χ1n) is 4.47. The highest BCUT2D eigenvalue weighted by Gasteiger charge is 2.56. The van der Waals surface area contributed by atoms with E-state index in [2.05, 4.69) is 10.2 Å². The summed E-state index contributed by atoms with van der Waals surface area (Å²) in [6.07, 6.45) is 2.28. The molecule has 11 heavy (non-hydrogen) atoms. The van der Waals surface area contributed by atoms with E-state index in [4.69, 9.17) is 4.74 Å². The summed E-state index contributed by atoms with van der Waals surface area (Å²) in [5.41, 5.74) is 0. The molecule has 3 fully saturated rings. The summed E-state index contributed by atoms with van der Waals surface area (Å²) in [5.74, 6) is 0. The third kappa shape index (κ3) is 0.643. The van der Waals surface area contributed by atoms with Gasteiger partial charge in [0.05, 0.1) is 24.3 Å². The summed E-state index contributed by atoms with van der Waals surface area (Å²) in [4.78, 5) is 2.57. The molecule has 0 saturated carbocycles. The number of hydrogen-bond acceptors (Lipinski definition) is 3. The molecule has 62 valence electrons. The van der Waals surface area contributed by atoms with Crippen molar-refractivity contribution in [2.75, 3.05) is 20.1 Å². The van der Waals surface area contributed by atoms with Crippen LogP contribution in [0.25, 0.3) is 0 Å². The number of fused-ring (bicyclic) bond motifs is 1. The van der Waals surface area contributed by atoms with Crippen LogP contribution < -0.4 is 5.32 Å². The number of hydrogen-bond donors (Lipinski definition) is 1. The Morgan fingerprint density at radius 3 is 3.00 bits per heavy atom. The van der Waals surface area contributed by atoms with Crippen molar-refractivity contribution >= 4 is 0 Å². The van der Waals surface area contributed by atoms with E-state index in [1.165, 1.54) is 13.0 Å². The minimum atomic E-state index is 0.484. The highest BCUT2D eigenvalue weighted by Crippen LogP contribution is 2.39. The quantitative estimate of drug-likeness (QED) is 0.547. The SMILES string of the molecule is CN[C@@H]1[C@H]2C3CCN2C[C@H]1O3. The van der Waals surface area contributed by atoms with E-state index < -0.39 is 0 Å². The minimum absolute atomic E-state index is 0.484. The predicted octanol–water partition coefficient (Wildman–Crippen LogP) is -0.570. The first-order chi connectivity index (χ1) is 5.40. The minimum Gasteiger partial charge on any atom is -0.370 e. The Kier molecular flexibility index (Phi) is 1.15. The highest BCUT2D eigenvalue weighted by molar-refractivity contribution is 5.11. The molecule has 0 spiro atoms. The first-order valence-corrected chi connectivity index (χ1v) is 4.47. The number of nitrogens with one attached hydrogen (secondary N) is 1. The second-order valence-corrected chi connectivity index (χ2v) is 3.80. The third-order valence-electron chi connectivity index (χ3n) is 3.37. The molecule has 3 saturated heterocycles. The summed E-state index contributed by atoms with van der Waals surface area (Å²) in [7, 11) is 2.05. The molecular weight excluding hydrogens is 140 g/mol. The molecule has 3 rings (SSSR count). The Hall–Kier alpha value is -0.120. The second-order valence-electron chi connectivity index (χ2n) is 3.80. The zero-order valence-corrected chi connectivity index (χ0v) is 6.79. The lowest BCUT2D eigenvalue weighted by Gasteiger charge is -2.21. The lowest BCUT2D eigenvalue weighted by atomic mass is 10.1. The molecule has 3 nitrogen and oxygen atoms in total. The monoisotopic (exact) mass is 154 g/mol. The van der Waals surface area contributed by atoms with Gasteiger partial charge in [0.15, 0.2) is 0 Å². The van der Waals surface area contributed by atoms with Gasteiger partial charge in [-0.3, -0.25) is 4.90 Å². The van der Waals surface area contributed by atoms with Crippen LogP contribution in [0.1, 0.15) is 6.42 Å². The van der Waals surface area contributed by atoms with Crippen LogP contribution in [-0.4, -0.2) is 49.3 Å². The fourth-order valence-electron chi connectivity index (χ4n) is 2.94. The lowest BCUT2D eigenvalue weighted by Crippen LogP contribution is -2.40. The summed E-state index contributed by atoms with van der Waals surface area (Å²) >= 11 is 0. The fourth-order valence-corrected chi connectivity index (χ4v) is 2.94. The van der Waals surface area contributed by atoms with Gasteiger partial charge in [-0.25, -0.2) is 0 Å². The van der Waals surface area contributed by atoms with Crippen molar-refractivity contribution in [3.8, 4) is 0 Å². The van der Waals surface area contributed by atoms with Crippen molar-refractivity contribution in [2.24, 2.45) is 0 Å². The van der Waals surface area contributed by atoms with Gasteiger partial charge in [-0.05, 0) is 13.5 Å². The number of rotatable bonds is 1. The number of likely N-dealkylation sites (N-methyl/N-ethyl adjacent to an activating group) is 1. The Morgan fingerprint density at radius 1 is 1.45 bits per heavy atom. The first kappa shape index (κ1) is 6.40. The van der Waals surface area contributed by atoms with Crippen molar-refractivity contribution in [2.45, 2.75) is 30.7 Å². The summed E-state index contributed by atoms with van der Waals surface area (Å²) in [6, 6.07) is 1.31. The average Bonchev–Trinajstić information content (AvgIpc) is 2.55. The second kappa shape index (κ2) is 1.97. The average molecular weight is 154 g/mol. The van der Waals surface area contributed by atoms with E-state index in [1.807, 2.05) is 7.05 Å². The van der Waals surface area contributed by atoms with E-state index in [-0.39, 0.29) is 0 Å². The maximum absolute atomic E-state index is 5.85. The van der Waals surface area contributed by atoms with E-state index in [0.717, 1.165) is 6.54 Å². The number of nitrogens with zero attached hydrogens (tertiary/aromatic N) is 1. The number of ether oxygens (including phenoxy) is 1. The molecule has 2 bridgehead atoms. The van der Waals surface area contributed by atoms with Gasteiger partial charge >= 0.3 is 0 Å². The van der Waals surface area contributed by atoms with Gasteiger partial charge in [-0.2, -0.15) is 0 Å². The molecule has 1 unspecified atom stereocenters. The van der Waals surface area contributed by atoms with E-state index in [0.29, 0.717) is 24.3 Å². The fraction of sp³-hybridized carbons (Fsp3) is 1.00. The molecule has 4 atom stereocenters.